The second-order valence-corrected chi connectivity index (χ2v) is 8.54. The summed E-state index contributed by atoms with van der Waals surface area (Å²) in [6, 6.07) is 8.92. The van der Waals surface area contributed by atoms with Gasteiger partial charge in [0.15, 0.2) is 9.84 Å². The highest BCUT2D eigenvalue weighted by Gasteiger charge is 2.21. The summed E-state index contributed by atoms with van der Waals surface area (Å²) in [4.78, 5) is 0. The molecule has 0 aliphatic heterocycles. The van der Waals surface area contributed by atoms with E-state index in [1.54, 1.807) is 24.3 Å². The molecule has 0 aliphatic rings. The summed E-state index contributed by atoms with van der Waals surface area (Å²) in [6.07, 6.45) is 1.43. The predicted molar refractivity (Wildman–Crippen MR) is 94.5 cm³/mol. The topological polar surface area (TPSA) is 69.7 Å². The lowest BCUT2D eigenvalue weighted by atomic mass is 10.2. The van der Waals surface area contributed by atoms with Crippen LogP contribution in [0.1, 0.15) is 5.56 Å². The smallest absolute Gasteiger partial charge is 0.304 e. The van der Waals surface area contributed by atoms with Crippen molar-refractivity contribution in [2.75, 3.05) is 25.0 Å². The lowest BCUT2D eigenvalue weighted by Gasteiger charge is -2.13. The molecule has 0 heterocycles. The Labute approximate surface area is 146 Å². The van der Waals surface area contributed by atoms with Gasteiger partial charge in [0.05, 0.1) is 13.2 Å². The molecule has 9 heteroatoms. The lowest BCUT2D eigenvalue weighted by Crippen LogP contribution is -2.00. The van der Waals surface area contributed by atoms with Gasteiger partial charge >= 0.3 is 7.60 Å². The molecule has 5 nitrogen and oxygen atoms in total. The van der Waals surface area contributed by atoms with Crippen LogP contribution in [0.3, 0.4) is 0 Å². The number of hydrogen-bond acceptors (Lipinski definition) is 5. The first-order chi connectivity index (χ1) is 10.9. The standard InChI is InChI=1S/C14H17Cl2O5PS/c15-7-9-20-22(17,21-10-8-16)11-13-23(18,19)12-6-14-4-2-1-3-5-14/h1-6,11-13H,7-10H2/b12-6?,13-11+. The van der Waals surface area contributed by atoms with Gasteiger partial charge in [-0.05, 0) is 11.6 Å². The first kappa shape index (κ1) is 20.4. The molecule has 23 heavy (non-hydrogen) atoms. The minimum atomic E-state index is -3.72. The molecule has 1 aromatic rings. The monoisotopic (exact) mass is 398 g/mol. The van der Waals surface area contributed by atoms with Gasteiger partial charge in [-0.1, -0.05) is 30.3 Å². The van der Waals surface area contributed by atoms with Crippen molar-refractivity contribution in [1.82, 2.24) is 0 Å². The fourth-order valence-electron chi connectivity index (χ4n) is 1.39. The Bertz CT molecular complexity index is 662. The van der Waals surface area contributed by atoms with Crippen LogP contribution in [0.25, 0.3) is 6.08 Å². The van der Waals surface area contributed by atoms with Crippen molar-refractivity contribution in [2.45, 2.75) is 0 Å². The summed E-state index contributed by atoms with van der Waals surface area (Å²) in [6.45, 7) is -0.0727. The Morgan fingerprint density at radius 2 is 1.57 bits per heavy atom. The van der Waals surface area contributed by atoms with Crippen molar-refractivity contribution in [1.29, 1.82) is 0 Å². The number of benzene rings is 1. The quantitative estimate of drug-likeness (QED) is 0.435. The SMILES string of the molecule is O=P(/C=C/S(=O)(=O)C=Cc1ccccc1)(OCCCl)OCCCl. The molecule has 0 spiro atoms. The van der Waals surface area contributed by atoms with Crippen LogP contribution in [-0.4, -0.2) is 33.4 Å². The van der Waals surface area contributed by atoms with Crippen molar-refractivity contribution >= 4 is 46.7 Å². The molecule has 1 aromatic carbocycles. The van der Waals surface area contributed by atoms with Crippen molar-refractivity contribution in [2.24, 2.45) is 0 Å². The molecule has 0 aliphatic carbocycles. The molecule has 0 radical (unpaired) electrons. The summed E-state index contributed by atoms with van der Waals surface area (Å²) in [5.41, 5.74) is 0.726. The fraction of sp³-hybridized carbons (Fsp3) is 0.286. The molecule has 0 N–H and O–H groups in total. The van der Waals surface area contributed by atoms with E-state index in [9.17, 15) is 13.0 Å². The summed E-state index contributed by atoms with van der Waals surface area (Å²) in [5, 5.41) is 1.79. The molecular weight excluding hydrogens is 382 g/mol. The Hall–Kier alpha value is -0.620. The summed E-state index contributed by atoms with van der Waals surface area (Å²) < 4.78 is 46.2. The zero-order valence-corrected chi connectivity index (χ0v) is 15.4. The normalized spacial score (nSPS) is 13.1. The van der Waals surface area contributed by atoms with E-state index in [1.807, 2.05) is 6.07 Å². The van der Waals surface area contributed by atoms with E-state index in [0.29, 0.717) is 0 Å². The highest BCUT2D eigenvalue weighted by Crippen LogP contribution is 2.50. The molecule has 0 unspecified atom stereocenters. The van der Waals surface area contributed by atoms with Gasteiger partial charge in [0.1, 0.15) is 0 Å². The van der Waals surface area contributed by atoms with Gasteiger partial charge in [0, 0.05) is 28.4 Å². The van der Waals surface area contributed by atoms with Crippen molar-refractivity contribution in [3.63, 3.8) is 0 Å². The van der Waals surface area contributed by atoms with Gasteiger partial charge in [-0.15, -0.1) is 23.2 Å². The summed E-state index contributed by atoms with van der Waals surface area (Å²) >= 11 is 10.9. The molecule has 0 amide bonds. The van der Waals surface area contributed by atoms with Crippen LogP contribution in [0.2, 0.25) is 0 Å². The third-order valence-electron chi connectivity index (χ3n) is 2.38. The minimum Gasteiger partial charge on any atom is -0.304 e. The van der Waals surface area contributed by atoms with Crippen molar-refractivity contribution < 1.29 is 22.0 Å². The van der Waals surface area contributed by atoms with Gasteiger partial charge in [-0.3, -0.25) is 4.57 Å². The molecule has 0 saturated heterocycles. The largest absolute Gasteiger partial charge is 0.354 e. The van der Waals surface area contributed by atoms with Gasteiger partial charge in [-0.2, -0.15) is 0 Å². The first-order valence-electron chi connectivity index (χ1n) is 6.59. The molecule has 0 atom stereocenters. The van der Waals surface area contributed by atoms with Gasteiger partial charge < -0.3 is 9.05 Å². The van der Waals surface area contributed by atoms with E-state index in [4.69, 9.17) is 32.2 Å². The average Bonchev–Trinajstić information content (AvgIpc) is 2.56. The van der Waals surface area contributed by atoms with E-state index in [-0.39, 0.29) is 25.0 Å². The lowest BCUT2D eigenvalue weighted by molar-refractivity contribution is 0.231. The Morgan fingerprint density at radius 3 is 2.09 bits per heavy atom. The second-order valence-electron chi connectivity index (χ2n) is 4.17. The van der Waals surface area contributed by atoms with E-state index >= 15 is 0 Å². The van der Waals surface area contributed by atoms with E-state index in [2.05, 4.69) is 0 Å². The maximum Gasteiger partial charge on any atom is 0.354 e. The highest BCUT2D eigenvalue weighted by molar-refractivity contribution is 7.97. The van der Waals surface area contributed by atoms with E-state index in [0.717, 1.165) is 22.2 Å². The van der Waals surface area contributed by atoms with Gasteiger partial charge in [-0.25, -0.2) is 8.42 Å². The Kier molecular flexibility index (Phi) is 9.14. The average molecular weight is 399 g/mol. The van der Waals surface area contributed by atoms with Gasteiger partial charge in [0.25, 0.3) is 0 Å². The molecule has 0 fully saturated rings. The minimum absolute atomic E-state index is 0.0363. The van der Waals surface area contributed by atoms with Crippen LogP contribution in [0.4, 0.5) is 0 Å². The number of hydrogen-bond donors (Lipinski definition) is 0. The number of sulfone groups is 1. The first-order valence-corrected chi connectivity index (χ1v) is 10.9. The molecule has 0 bridgehead atoms. The molecule has 0 aromatic heterocycles. The Balaban J connectivity index is 2.84. The summed E-state index contributed by atoms with van der Waals surface area (Å²) in [7, 11) is -7.43. The maximum absolute atomic E-state index is 12.3. The number of halogens is 2. The molecule has 0 saturated carbocycles. The van der Waals surface area contributed by atoms with Crippen molar-refractivity contribution in [3.05, 3.63) is 52.5 Å². The molecule has 1 rings (SSSR count). The van der Waals surface area contributed by atoms with E-state index in [1.165, 1.54) is 6.08 Å². The zero-order valence-electron chi connectivity index (χ0n) is 12.2. The zero-order chi connectivity index (χ0) is 17.2. The molecule has 128 valence electrons. The van der Waals surface area contributed by atoms with Crippen LogP contribution in [-0.2, 0) is 23.4 Å². The predicted octanol–water partition coefficient (Wildman–Crippen LogP) is 4.25. The van der Waals surface area contributed by atoms with E-state index < -0.39 is 17.4 Å². The van der Waals surface area contributed by atoms with Crippen LogP contribution in [0.5, 0.6) is 0 Å². The number of alkyl halides is 2. The van der Waals surface area contributed by atoms with Crippen LogP contribution < -0.4 is 0 Å². The highest BCUT2D eigenvalue weighted by atomic mass is 35.5. The third kappa shape index (κ3) is 8.70. The van der Waals surface area contributed by atoms with Gasteiger partial charge in [0.2, 0.25) is 0 Å². The summed E-state index contributed by atoms with van der Waals surface area (Å²) in [5.74, 6) is 1.10. The second kappa shape index (κ2) is 10.3. The van der Waals surface area contributed by atoms with Crippen LogP contribution >= 0.6 is 30.8 Å². The third-order valence-corrected chi connectivity index (χ3v) is 5.52. The Morgan fingerprint density at radius 1 is 1.00 bits per heavy atom. The maximum atomic E-state index is 12.3. The number of rotatable bonds is 10. The van der Waals surface area contributed by atoms with Crippen molar-refractivity contribution in [3.8, 4) is 0 Å². The van der Waals surface area contributed by atoms with Crippen LogP contribution in [0.15, 0.2) is 47.0 Å². The fourth-order valence-corrected chi connectivity index (χ4v) is 4.41. The molecular formula is C14H17Cl2O5PS. The van der Waals surface area contributed by atoms with Crippen LogP contribution in [0, 0.1) is 0 Å².